The highest BCUT2D eigenvalue weighted by molar-refractivity contribution is 6.03. The van der Waals surface area contributed by atoms with Crippen LogP contribution >= 0.6 is 0 Å². The second kappa shape index (κ2) is 4.70. The molecular weight excluding hydrogens is 232 g/mol. The second-order valence-electron chi connectivity index (χ2n) is 3.72. The summed E-state index contributed by atoms with van der Waals surface area (Å²) in [6.07, 6.45) is 3.12. The molecule has 1 aromatic heterocycles. The van der Waals surface area contributed by atoms with Crippen molar-refractivity contribution >= 4 is 29.1 Å². The molecule has 1 heterocycles. The van der Waals surface area contributed by atoms with E-state index in [0.29, 0.717) is 0 Å². The van der Waals surface area contributed by atoms with Crippen molar-refractivity contribution in [1.82, 2.24) is 9.99 Å². The van der Waals surface area contributed by atoms with Gasteiger partial charge in [0.05, 0.1) is 11.7 Å². The van der Waals surface area contributed by atoms with E-state index in [9.17, 15) is 9.59 Å². The fourth-order valence-electron chi connectivity index (χ4n) is 1.73. The molecule has 0 atom stereocenters. The molecule has 0 saturated heterocycles. The van der Waals surface area contributed by atoms with Gasteiger partial charge in [0.1, 0.15) is 0 Å². The molecule has 6 heteroatoms. The van der Waals surface area contributed by atoms with Gasteiger partial charge in [0.15, 0.2) is 0 Å². The van der Waals surface area contributed by atoms with E-state index in [4.69, 9.17) is 5.73 Å². The Morgan fingerprint density at radius 3 is 2.78 bits per heavy atom. The van der Waals surface area contributed by atoms with Crippen LogP contribution in [0.5, 0.6) is 0 Å². The van der Waals surface area contributed by atoms with Crippen LogP contribution in [-0.4, -0.2) is 22.7 Å². The van der Waals surface area contributed by atoms with Gasteiger partial charge in [-0.1, -0.05) is 18.2 Å². The molecule has 2 aromatic rings. The van der Waals surface area contributed by atoms with Crippen LogP contribution in [0.4, 0.5) is 4.79 Å². The van der Waals surface area contributed by atoms with Crippen LogP contribution in [0.15, 0.2) is 35.6 Å². The largest absolute Gasteiger partial charge is 0.350 e. The summed E-state index contributed by atoms with van der Waals surface area (Å²) in [5.74, 6) is -0.0892. The molecule has 2 rings (SSSR count). The predicted octanol–water partition coefficient (Wildman–Crippen LogP) is 1.30. The van der Waals surface area contributed by atoms with E-state index >= 15 is 0 Å². The van der Waals surface area contributed by atoms with Crippen molar-refractivity contribution in [3.05, 3.63) is 36.0 Å². The SMILES string of the molecule is CC(=O)n1cc(C=NNC(N)=O)c2ccccc21. The van der Waals surface area contributed by atoms with E-state index in [1.54, 1.807) is 6.20 Å². The molecule has 3 N–H and O–H groups in total. The van der Waals surface area contributed by atoms with Gasteiger partial charge in [0.25, 0.3) is 0 Å². The number of urea groups is 1. The van der Waals surface area contributed by atoms with Crippen LogP contribution < -0.4 is 11.2 Å². The van der Waals surface area contributed by atoms with Crippen molar-refractivity contribution in [2.45, 2.75) is 6.92 Å². The van der Waals surface area contributed by atoms with Gasteiger partial charge in [-0.25, -0.2) is 10.2 Å². The minimum Gasteiger partial charge on any atom is -0.350 e. The lowest BCUT2D eigenvalue weighted by atomic mass is 10.2. The van der Waals surface area contributed by atoms with Gasteiger partial charge < -0.3 is 5.73 Å². The zero-order valence-electron chi connectivity index (χ0n) is 9.75. The average Bonchev–Trinajstić information content (AvgIpc) is 2.68. The molecule has 6 nitrogen and oxygen atoms in total. The number of nitrogens with zero attached hydrogens (tertiary/aromatic N) is 2. The van der Waals surface area contributed by atoms with Gasteiger partial charge in [-0.15, -0.1) is 0 Å². The van der Waals surface area contributed by atoms with Crippen LogP contribution in [0.2, 0.25) is 0 Å². The molecule has 0 aliphatic rings. The fraction of sp³-hybridized carbons (Fsp3) is 0.0833. The summed E-state index contributed by atoms with van der Waals surface area (Å²) in [5, 5.41) is 4.57. The number of benzene rings is 1. The molecule has 0 unspecified atom stereocenters. The standard InChI is InChI=1S/C12H12N4O2/c1-8(17)16-7-9(6-14-15-12(13)18)10-4-2-3-5-11(10)16/h2-7H,1H3,(H3,13,15,18). The first-order chi connectivity index (χ1) is 8.59. The molecule has 0 spiro atoms. The van der Waals surface area contributed by atoms with E-state index < -0.39 is 6.03 Å². The predicted molar refractivity (Wildman–Crippen MR) is 68.6 cm³/mol. The van der Waals surface area contributed by atoms with Crippen LogP contribution in [-0.2, 0) is 0 Å². The molecule has 0 fully saturated rings. The van der Waals surface area contributed by atoms with E-state index in [-0.39, 0.29) is 5.91 Å². The monoisotopic (exact) mass is 244 g/mol. The average molecular weight is 244 g/mol. The number of nitrogens with one attached hydrogen (secondary N) is 1. The minimum absolute atomic E-state index is 0.0892. The summed E-state index contributed by atoms with van der Waals surface area (Å²) in [4.78, 5) is 22.0. The summed E-state index contributed by atoms with van der Waals surface area (Å²) in [7, 11) is 0. The van der Waals surface area contributed by atoms with Crippen molar-refractivity contribution in [3.8, 4) is 0 Å². The summed E-state index contributed by atoms with van der Waals surface area (Å²) in [6.45, 7) is 1.48. The third kappa shape index (κ3) is 2.22. The number of amides is 2. The third-order valence-electron chi connectivity index (χ3n) is 2.46. The number of nitrogens with two attached hydrogens (primary N) is 1. The number of fused-ring (bicyclic) bond motifs is 1. The minimum atomic E-state index is -0.735. The maximum Gasteiger partial charge on any atom is 0.332 e. The Kier molecular flexibility index (Phi) is 3.09. The topological polar surface area (TPSA) is 89.5 Å². The number of aromatic nitrogens is 1. The molecule has 0 radical (unpaired) electrons. The number of hydrogen-bond donors (Lipinski definition) is 2. The van der Waals surface area contributed by atoms with Crippen LogP contribution in [0.1, 0.15) is 17.3 Å². The second-order valence-corrected chi connectivity index (χ2v) is 3.72. The van der Waals surface area contributed by atoms with Gasteiger partial charge in [-0.3, -0.25) is 9.36 Å². The molecule has 0 aliphatic carbocycles. The van der Waals surface area contributed by atoms with Crippen molar-refractivity contribution < 1.29 is 9.59 Å². The number of rotatable bonds is 2. The highest BCUT2D eigenvalue weighted by atomic mass is 16.2. The molecule has 18 heavy (non-hydrogen) atoms. The quantitative estimate of drug-likeness (QED) is 0.616. The van der Waals surface area contributed by atoms with Gasteiger partial charge in [0.2, 0.25) is 5.91 Å². The number of primary amides is 1. The summed E-state index contributed by atoms with van der Waals surface area (Å²) >= 11 is 0. The first-order valence-corrected chi connectivity index (χ1v) is 5.29. The first-order valence-electron chi connectivity index (χ1n) is 5.29. The van der Waals surface area contributed by atoms with E-state index in [0.717, 1.165) is 16.5 Å². The van der Waals surface area contributed by atoms with E-state index in [2.05, 4.69) is 10.5 Å². The molecule has 1 aromatic carbocycles. The molecule has 92 valence electrons. The van der Waals surface area contributed by atoms with Gasteiger partial charge in [-0.2, -0.15) is 5.10 Å². The third-order valence-corrected chi connectivity index (χ3v) is 2.46. The van der Waals surface area contributed by atoms with Crippen LogP contribution in [0, 0.1) is 0 Å². The Balaban J connectivity index is 2.48. The first kappa shape index (κ1) is 11.8. The number of hydrogen-bond acceptors (Lipinski definition) is 3. The lowest BCUT2D eigenvalue weighted by Gasteiger charge is -1.96. The maximum atomic E-state index is 11.5. The summed E-state index contributed by atoms with van der Waals surface area (Å²) in [5.41, 5.74) is 8.54. The smallest absolute Gasteiger partial charge is 0.332 e. The normalized spacial score (nSPS) is 10.9. The number of para-hydroxylation sites is 1. The highest BCUT2D eigenvalue weighted by Crippen LogP contribution is 2.19. The van der Waals surface area contributed by atoms with Crippen molar-refractivity contribution in [1.29, 1.82) is 0 Å². The zero-order valence-corrected chi connectivity index (χ0v) is 9.75. The highest BCUT2D eigenvalue weighted by Gasteiger charge is 2.08. The molecular formula is C12H12N4O2. The van der Waals surface area contributed by atoms with Crippen molar-refractivity contribution in [3.63, 3.8) is 0 Å². The van der Waals surface area contributed by atoms with Crippen LogP contribution in [0.3, 0.4) is 0 Å². The van der Waals surface area contributed by atoms with Crippen molar-refractivity contribution in [2.75, 3.05) is 0 Å². The molecule has 0 aliphatic heterocycles. The maximum absolute atomic E-state index is 11.5. The number of carbonyl (C=O) groups excluding carboxylic acids is 2. The Morgan fingerprint density at radius 2 is 2.11 bits per heavy atom. The van der Waals surface area contributed by atoms with Gasteiger partial charge >= 0.3 is 6.03 Å². The zero-order chi connectivity index (χ0) is 13.1. The lowest BCUT2D eigenvalue weighted by molar-refractivity contribution is 0.0941. The van der Waals surface area contributed by atoms with Gasteiger partial charge in [-0.05, 0) is 6.07 Å². The molecule has 2 amide bonds. The Hall–Kier alpha value is -2.63. The van der Waals surface area contributed by atoms with Crippen molar-refractivity contribution in [2.24, 2.45) is 10.8 Å². The van der Waals surface area contributed by atoms with Crippen LogP contribution in [0.25, 0.3) is 10.9 Å². The lowest BCUT2D eigenvalue weighted by Crippen LogP contribution is -2.24. The number of carbonyl (C=O) groups is 2. The van der Waals surface area contributed by atoms with E-state index in [1.165, 1.54) is 17.7 Å². The van der Waals surface area contributed by atoms with E-state index in [1.807, 2.05) is 24.3 Å². The Morgan fingerprint density at radius 1 is 1.39 bits per heavy atom. The Bertz CT molecular complexity index is 643. The summed E-state index contributed by atoms with van der Waals surface area (Å²) in [6, 6.07) is 6.70. The fourth-order valence-corrected chi connectivity index (χ4v) is 1.73. The number of hydrazone groups is 1. The molecule has 0 saturated carbocycles. The summed E-state index contributed by atoms with van der Waals surface area (Å²) < 4.78 is 1.53. The van der Waals surface area contributed by atoms with Gasteiger partial charge in [0, 0.05) is 24.1 Å². The Labute approximate surface area is 103 Å². The molecule has 0 bridgehead atoms.